The van der Waals surface area contributed by atoms with Gasteiger partial charge in [0, 0.05) is 18.5 Å². The summed E-state index contributed by atoms with van der Waals surface area (Å²) in [5, 5.41) is 14.0. The molecule has 0 aromatic carbocycles. The molecule has 0 bridgehead atoms. The molecule has 6 nitrogen and oxygen atoms in total. The Balaban J connectivity index is 2.54. The Morgan fingerprint density at radius 3 is 2.30 bits per heavy atom. The van der Waals surface area contributed by atoms with Gasteiger partial charge in [0.15, 0.2) is 0 Å². The molecule has 1 aromatic heterocycles. The van der Waals surface area contributed by atoms with Crippen molar-refractivity contribution in [3.05, 3.63) is 11.4 Å². The van der Waals surface area contributed by atoms with Crippen LogP contribution < -0.4 is 10.6 Å². The van der Waals surface area contributed by atoms with Gasteiger partial charge < -0.3 is 5.32 Å². The first-order valence-corrected chi connectivity index (χ1v) is 7.13. The first-order chi connectivity index (χ1) is 9.35. The van der Waals surface area contributed by atoms with Crippen molar-refractivity contribution < 1.29 is 4.79 Å². The fourth-order valence-corrected chi connectivity index (χ4v) is 1.73. The lowest BCUT2D eigenvalue weighted by atomic mass is 10.1. The van der Waals surface area contributed by atoms with Crippen molar-refractivity contribution in [2.24, 2.45) is 0 Å². The van der Waals surface area contributed by atoms with Crippen LogP contribution in [0.1, 0.15) is 52.4 Å². The largest absolute Gasteiger partial charge is 0.312 e. The average Bonchev–Trinajstić information content (AvgIpc) is 2.37. The summed E-state index contributed by atoms with van der Waals surface area (Å²) in [5.41, 5.74) is 1.79. The van der Waals surface area contributed by atoms with Gasteiger partial charge >= 0.3 is 0 Å². The Hall–Kier alpha value is -1.56. The molecule has 0 saturated carbocycles. The van der Waals surface area contributed by atoms with Crippen molar-refractivity contribution in [2.75, 3.05) is 11.9 Å². The normalized spacial score (nSPS) is 11.4. The Labute approximate surface area is 120 Å². The van der Waals surface area contributed by atoms with E-state index in [0.29, 0.717) is 18.9 Å². The molecule has 6 heteroatoms. The zero-order chi connectivity index (χ0) is 15.2. The highest BCUT2D eigenvalue weighted by atomic mass is 16.1. The van der Waals surface area contributed by atoms with E-state index in [9.17, 15) is 4.79 Å². The Morgan fingerprint density at radius 2 is 1.75 bits per heavy atom. The summed E-state index contributed by atoms with van der Waals surface area (Å²) in [4.78, 5) is 16.1. The first-order valence-electron chi connectivity index (χ1n) is 7.13. The third kappa shape index (κ3) is 5.61. The van der Waals surface area contributed by atoms with Crippen LogP contribution in [0.4, 0.5) is 5.95 Å². The average molecular weight is 279 g/mol. The van der Waals surface area contributed by atoms with Crippen LogP contribution in [0.15, 0.2) is 0 Å². The zero-order valence-corrected chi connectivity index (χ0v) is 13.1. The van der Waals surface area contributed by atoms with Crippen LogP contribution in [-0.2, 0) is 17.6 Å². The number of anilines is 1. The number of amides is 1. The number of aromatic nitrogens is 3. The predicted octanol–water partition coefficient (Wildman–Crippen LogP) is 1.71. The predicted molar refractivity (Wildman–Crippen MR) is 79.6 cm³/mol. The molecule has 2 N–H and O–H groups in total. The van der Waals surface area contributed by atoms with Gasteiger partial charge in [0.1, 0.15) is 0 Å². The van der Waals surface area contributed by atoms with Crippen molar-refractivity contribution >= 4 is 11.9 Å². The molecular formula is C14H25N5O. The van der Waals surface area contributed by atoms with E-state index in [0.717, 1.165) is 24.2 Å². The van der Waals surface area contributed by atoms with Crippen molar-refractivity contribution in [3.63, 3.8) is 0 Å². The number of hydrogen-bond donors (Lipinski definition) is 2. The van der Waals surface area contributed by atoms with Crippen molar-refractivity contribution in [1.82, 2.24) is 20.5 Å². The highest BCUT2D eigenvalue weighted by molar-refractivity contribution is 5.88. The minimum Gasteiger partial charge on any atom is -0.312 e. The highest BCUT2D eigenvalue weighted by Gasteiger charge is 2.11. The Kier molecular flexibility index (Phi) is 6.01. The molecule has 0 saturated heterocycles. The van der Waals surface area contributed by atoms with E-state index < -0.39 is 0 Å². The molecular weight excluding hydrogens is 254 g/mol. The smallest absolute Gasteiger partial charge is 0.249 e. The molecule has 1 aromatic rings. The van der Waals surface area contributed by atoms with Crippen molar-refractivity contribution in [3.8, 4) is 0 Å². The quantitative estimate of drug-likeness (QED) is 0.828. The monoisotopic (exact) mass is 279 g/mol. The summed E-state index contributed by atoms with van der Waals surface area (Å²) in [6, 6.07) is 0. The number of rotatable bonds is 6. The van der Waals surface area contributed by atoms with Gasteiger partial charge in [-0.05, 0) is 33.6 Å². The van der Waals surface area contributed by atoms with Crippen molar-refractivity contribution in [1.29, 1.82) is 0 Å². The standard InChI is InChI=1S/C14H25N5O/c1-6-10-11(7-2)18-19-13(16-10)17-12(20)8-9-15-14(3,4)5/h15H,6-9H2,1-5H3,(H,16,17,19,20). The van der Waals surface area contributed by atoms with Crippen LogP contribution >= 0.6 is 0 Å². The lowest BCUT2D eigenvalue weighted by molar-refractivity contribution is -0.116. The Bertz CT molecular complexity index is 453. The van der Waals surface area contributed by atoms with Crippen LogP contribution in [0.3, 0.4) is 0 Å². The Morgan fingerprint density at radius 1 is 1.10 bits per heavy atom. The molecule has 0 fully saturated rings. The number of hydrogen-bond acceptors (Lipinski definition) is 5. The maximum Gasteiger partial charge on any atom is 0.249 e. The van der Waals surface area contributed by atoms with E-state index >= 15 is 0 Å². The number of nitrogens with zero attached hydrogens (tertiary/aromatic N) is 3. The number of nitrogens with one attached hydrogen (secondary N) is 2. The first kappa shape index (κ1) is 16.5. The van der Waals surface area contributed by atoms with Crippen LogP contribution in [-0.4, -0.2) is 33.2 Å². The van der Waals surface area contributed by atoms with E-state index in [2.05, 4.69) is 46.6 Å². The SMILES string of the molecule is CCc1nnc(NC(=O)CCNC(C)(C)C)nc1CC. The van der Waals surface area contributed by atoms with Gasteiger partial charge in [-0.2, -0.15) is 0 Å². The number of carbonyl (C=O) groups excluding carboxylic acids is 1. The van der Waals surface area contributed by atoms with Crippen LogP contribution in [0.25, 0.3) is 0 Å². The summed E-state index contributed by atoms with van der Waals surface area (Å²) in [6.45, 7) is 10.8. The molecule has 0 aliphatic rings. The van der Waals surface area contributed by atoms with Crippen LogP contribution in [0.2, 0.25) is 0 Å². The van der Waals surface area contributed by atoms with Gasteiger partial charge in [-0.3, -0.25) is 10.1 Å². The summed E-state index contributed by atoms with van der Waals surface area (Å²) >= 11 is 0. The molecule has 1 rings (SSSR count). The van der Waals surface area contributed by atoms with Crippen LogP contribution in [0.5, 0.6) is 0 Å². The number of aryl methyl sites for hydroxylation is 2. The van der Waals surface area contributed by atoms with E-state index in [4.69, 9.17) is 0 Å². The summed E-state index contributed by atoms with van der Waals surface area (Å²) in [7, 11) is 0. The minimum atomic E-state index is -0.102. The lowest BCUT2D eigenvalue weighted by Crippen LogP contribution is -2.37. The molecule has 0 aliphatic heterocycles. The third-order valence-electron chi connectivity index (χ3n) is 2.77. The second kappa shape index (κ2) is 7.28. The fourth-order valence-electron chi connectivity index (χ4n) is 1.73. The van der Waals surface area contributed by atoms with Gasteiger partial charge in [-0.15, -0.1) is 10.2 Å². The van der Waals surface area contributed by atoms with E-state index in [1.54, 1.807) is 0 Å². The molecule has 1 amide bonds. The second-order valence-corrected chi connectivity index (χ2v) is 5.71. The van der Waals surface area contributed by atoms with Crippen molar-refractivity contribution in [2.45, 2.75) is 59.4 Å². The van der Waals surface area contributed by atoms with Gasteiger partial charge in [0.05, 0.1) is 11.4 Å². The molecule has 20 heavy (non-hydrogen) atoms. The molecule has 0 atom stereocenters. The topological polar surface area (TPSA) is 79.8 Å². The van der Waals surface area contributed by atoms with Gasteiger partial charge in [0.2, 0.25) is 11.9 Å². The number of carbonyl (C=O) groups is 1. The zero-order valence-electron chi connectivity index (χ0n) is 13.1. The molecule has 0 unspecified atom stereocenters. The molecule has 0 aliphatic carbocycles. The van der Waals surface area contributed by atoms with Gasteiger partial charge in [-0.25, -0.2) is 4.98 Å². The summed E-state index contributed by atoms with van der Waals surface area (Å²) < 4.78 is 0. The van der Waals surface area contributed by atoms with Gasteiger partial charge in [-0.1, -0.05) is 13.8 Å². The fraction of sp³-hybridized carbons (Fsp3) is 0.714. The molecule has 0 radical (unpaired) electrons. The lowest BCUT2D eigenvalue weighted by Gasteiger charge is -2.20. The maximum atomic E-state index is 11.8. The second-order valence-electron chi connectivity index (χ2n) is 5.71. The van der Waals surface area contributed by atoms with E-state index in [1.807, 2.05) is 13.8 Å². The van der Waals surface area contributed by atoms with Crippen LogP contribution in [0, 0.1) is 0 Å². The summed E-state index contributed by atoms with van der Waals surface area (Å²) in [5.74, 6) is 0.190. The maximum absolute atomic E-state index is 11.8. The van der Waals surface area contributed by atoms with E-state index in [-0.39, 0.29) is 11.4 Å². The molecule has 1 heterocycles. The van der Waals surface area contributed by atoms with Gasteiger partial charge in [0.25, 0.3) is 0 Å². The third-order valence-corrected chi connectivity index (χ3v) is 2.77. The molecule has 112 valence electrons. The highest BCUT2D eigenvalue weighted by Crippen LogP contribution is 2.07. The van der Waals surface area contributed by atoms with E-state index in [1.165, 1.54) is 0 Å². The molecule has 0 spiro atoms. The minimum absolute atomic E-state index is 0.0104. The summed E-state index contributed by atoms with van der Waals surface area (Å²) in [6.07, 6.45) is 1.97.